The number of rotatable bonds is 4. The van der Waals surface area contributed by atoms with Crippen LogP contribution in [-0.4, -0.2) is 10.4 Å². The number of nitrogens with zero attached hydrogens (tertiary/aromatic N) is 1. The van der Waals surface area contributed by atoms with Crippen molar-refractivity contribution in [2.75, 3.05) is 0 Å². The molecular weight excluding hydrogens is 246 g/mol. The van der Waals surface area contributed by atoms with Crippen molar-refractivity contribution in [3.8, 4) is 0 Å². The first-order valence-electron chi connectivity index (χ1n) is 6.62. The standard InChI is InChI=1S/C18H15NO/c20-18(16-6-2-1-3-7-16)17-10-8-15(9-11-17)14-19-12-4-5-13-19/h1-13H,14H2. The smallest absolute Gasteiger partial charge is 0.193 e. The van der Waals surface area contributed by atoms with E-state index in [-0.39, 0.29) is 5.78 Å². The molecule has 0 aliphatic heterocycles. The molecule has 0 fully saturated rings. The highest BCUT2D eigenvalue weighted by atomic mass is 16.1. The lowest BCUT2D eigenvalue weighted by atomic mass is 10.0. The Bertz CT molecular complexity index is 682. The van der Waals surface area contributed by atoms with Gasteiger partial charge < -0.3 is 4.57 Å². The molecule has 3 rings (SSSR count). The van der Waals surface area contributed by atoms with Crippen LogP contribution in [0.1, 0.15) is 21.5 Å². The van der Waals surface area contributed by atoms with Crippen molar-refractivity contribution in [3.63, 3.8) is 0 Å². The minimum Gasteiger partial charge on any atom is -0.350 e. The van der Waals surface area contributed by atoms with Crippen LogP contribution in [0.4, 0.5) is 0 Å². The number of hydrogen-bond acceptors (Lipinski definition) is 1. The van der Waals surface area contributed by atoms with Crippen molar-refractivity contribution in [1.29, 1.82) is 0 Å². The maximum Gasteiger partial charge on any atom is 0.193 e. The molecule has 0 aliphatic carbocycles. The highest BCUT2D eigenvalue weighted by molar-refractivity contribution is 6.08. The van der Waals surface area contributed by atoms with Crippen molar-refractivity contribution in [2.24, 2.45) is 0 Å². The number of benzene rings is 2. The third kappa shape index (κ3) is 2.69. The van der Waals surface area contributed by atoms with Crippen molar-refractivity contribution in [2.45, 2.75) is 6.54 Å². The average molecular weight is 261 g/mol. The molecule has 0 aliphatic rings. The van der Waals surface area contributed by atoms with Gasteiger partial charge in [0.15, 0.2) is 5.78 Å². The fraction of sp³-hybridized carbons (Fsp3) is 0.0556. The van der Waals surface area contributed by atoms with Crippen LogP contribution < -0.4 is 0 Å². The van der Waals surface area contributed by atoms with E-state index in [0.717, 1.165) is 17.7 Å². The number of ketones is 1. The molecule has 0 radical (unpaired) electrons. The lowest BCUT2D eigenvalue weighted by Gasteiger charge is -2.05. The van der Waals surface area contributed by atoms with Gasteiger partial charge >= 0.3 is 0 Å². The highest BCUT2D eigenvalue weighted by Crippen LogP contribution is 2.12. The largest absolute Gasteiger partial charge is 0.350 e. The van der Waals surface area contributed by atoms with E-state index in [4.69, 9.17) is 0 Å². The quantitative estimate of drug-likeness (QED) is 0.655. The van der Waals surface area contributed by atoms with Crippen molar-refractivity contribution in [1.82, 2.24) is 4.57 Å². The monoisotopic (exact) mass is 261 g/mol. The minimum atomic E-state index is 0.0677. The first-order chi connectivity index (χ1) is 9.83. The molecule has 0 saturated heterocycles. The number of aromatic nitrogens is 1. The van der Waals surface area contributed by atoms with Crippen LogP contribution in [0.3, 0.4) is 0 Å². The van der Waals surface area contributed by atoms with Crippen LogP contribution in [0, 0.1) is 0 Å². The van der Waals surface area contributed by atoms with E-state index >= 15 is 0 Å². The van der Waals surface area contributed by atoms with Gasteiger partial charge in [0, 0.05) is 30.1 Å². The molecule has 2 aromatic carbocycles. The minimum absolute atomic E-state index is 0.0677. The number of hydrogen-bond donors (Lipinski definition) is 0. The predicted octanol–water partition coefficient (Wildman–Crippen LogP) is 3.77. The van der Waals surface area contributed by atoms with E-state index in [0.29, 0.717) is 0 Å². The molecule has 1 heterocycles. The molecule has 3 aromatic rings. The summed E-state index contributed by atoms with van der Waals surface area (Å²) in [6, 6.07) is 21.2. The van der Waals surface area contributed by atoms with Crippen LogP contribution in [0.2, 0.25) is 0 Å². The normalized spacial score (nSPS) is 10.4. The molecule has 20 heavy (non-hydrogen) atoms. The summed E-state index contributed by atoms with van der Waals surface area (Å²) in [5.74, 6) is 0.0677. The van der Waals surface area contributed by atoms with Crippen LogP contribution >= 0.6 is 0 Å². The second kappa shape index (κ2) is 5.57. The topological polar surface area (TPSA) is 22.0 Å². The van der Waals surface area contributed by atoms with Gasteiger partial charge in [0.2, 0.25) is 0 Å². The Labute approximate surface area is 118 Å². The molecule has 0 spiro atoms. The summed E-state index contributed by atoms with van der Waals surface area (Å²) in [6.07, 6.45) is 4.06. The van der Waals surface area contributed by atoms with Gasteiger partial charge in [0.25, 0.3) is 0 Å². The zero-order valence-corrected chi connectivity index (χ0v) is 11.1. The molecule has 0 saturated carbocycles. The van der Waals surface area contributed by atoms with Gasteiger partial charge in [0.05, 0.1) is 0 Å². The molecule has 2 nitrogen and oxygen atoms in total. The van der Waals surface area contributed by atoms with Gasteiger partial charge in [-0.3, -0.25) is 4.79 Å². The second-order valence-corrected chi connectivity index (χ2v) is 4.75. The zero-order chi connectivity index (χ0) is 13.8. The Kier molecular flexibility index (Phi) is 3.46. The molecule has 0 amide bonds. The Morgan fingerprint density at radius 3 is 2.00 bits per heavy atom. The summed E-state index contributed by atoms with van der Waals surface area (Å²) < 4.78 is 2.11. The molecule has 0 bridgehead atoms. The third-order valence-corrected chi connectivity index (χ3v) is 3.28. The van der Waals surface area contributed by atoms with Gasteiger partial charge in [-0.25, -0.2) is 0 Å². The van der Waals surface area contributed by atoms with E-state index in [1.165, 1.54) is 5.56 Å². The SMILES string of the molecule is O=C(c1ccccc1)c1ccc(Cn2cccc2)cc1. The lowest BCUT2D eigenvalue weighted by molar-refractivity contribution is 0.103. The highest BCUT2D eigenvalue weighted by Gasteiger charge is 2.07. The molecule has 0 atom stereocenters. The van der Waals surface area contributed by atoms with Crippen molar-refractivity contribution < 1.29 is 4.79 Å². The summed E-state index contributed by atoms with van der Waals surface area (Å²) in [5.41, 5.74) is 2.64. The van der Waals surface area contributed by atoms with E-state index in [1.807, 2.05) is 79.1 Å². The van der Waals surface area contributed by atoms with Crippen LogP contribution in [-0.2, 0) is 6.54 Å². The van der Waals surface area contributed by atoms with Crippen LogP contribution in [0.25, 0.3) is 0 Å². The van der Waals surface area contributed by atoms with Crippen LogP contribution in [0.15, 0.2) is 79.1 Å². The maximum absolute atomic E-state index is 12.3. The van der Waals surface area contributed by atoms with E-state index in [2.05, 4.69) is 4.57 Å². The summed E-state index contributed by atoms with van der Waals surface area (Å²) >= 11 is 0. The lowest BCUT2D eigenvalue weighted by Crippen LogP contribution is -2.02. The van der Waals surface area contributed by atoms with Crippen molar-refractivity contribution >= 4 is 5.78 Å². The molecule has 98 valence electrons. The maximum atomic E-state index is 12.3. The average Bonchev–Trinajstić information content (AvgIpc) is 3.01. The fourth-order valence-corrected chi connectivity index (χ4v) is 2.20. The first kappa shape index (κ1) is 12.4. The first-order valence-corrected chi connectivity index (χ1v) is 6.62. The molecular formula is C18H15NO. The summed E-state index contributed by atoms with van der Waals surface area (Å²) in [4.78, 5) is 12.3. The van der Waals surface area contributed by atoms with Gasteiger partial charge in [-0.15, -0.1) is 0 Å². The predicted molar refractivity (Wildman–Crippen MR) is 79.9 cm³/mol. The third-order valence-electron chi connectivity index (χ3n) is 3.28. The zero-order valence-electron chi connectivity index (χ0n) is 11.1. The Morgan fingerprint density at radius 2 is 1.35 bits per heavy atom. The molecule has 0 unspecified atom stereocenters. The Hall–Kier alpha value is -2.61. The summed E-state index contributed by atoms with van der Waals surface area (Å²) in [5, 5.41) is 0. The van der Waals surface area contributed by atoms with Gasteiger partial charge in [0.1, 0.15) is 0 Å². The second-order valence-electron chi connectivity index (χ2n) is 4.75. The number of carbonyl (C=O) groups is 1. The summed E-state index contributed by atoms with van der Waals surface area (Å²) in [7, 11) is 0. The van der Waals surface area contributed by atoms with Crippen LogP contribution in [0.5, 0.6) is 0 Å². The van der Waals surface area contributed by atoms with Gasteiger partial charge in [-0.2, -0.15) is 0 Å². The summed E-state index contributed by atoms with van der Waals surface area (Å²) in [6.45, 7) is 0.826. The number of carbonyl (C=O) groups excluding carboxylic acids is 1. The van der Waals surface area contributed by atoms with E-state index in [9.17, 15) is 4.79 Å². The van der Waals surface area contributed by atoms with Gasteiger partial charge in [-0.1, -0.05) is 54.6 Å². The Balaban J connectivity index is 1.78. The molecule has 0 N–H and O–H groups in total. The van der Waals surface area contributed by atoms with Crippen molar-refractivity contribution in [3.05, 3.63) is 95.8 Å². The molecule has 1 aromatic heterocycles. The van der Waals surface area contributed by atoms with E-state index in [1.54, 1.807) is 0 Å². The fourth-order valence-electron chi connectivity index (χ4n) is 2.20. The Morgan fingerprint density at radius 1 is 0.750 bits per heavy atom. The van der Waals surface area contributed by atoms with Gasteiger partial charge in [-0.05, 0) is 17.7 Å². The molecule has 2 heteroatoms. The van der Waals surface area contributed by atoms with E-state index < -0.39 is 0 Å².